The van der Waals surface area contributed by atoms with E-state index in [4.69, 9.17) is 10.2 Å². The van der Waals surface area contributed by atoms with Crippen LogP contribution in [0.2, 0.25) is 0 Å². The summed E-state index contributed by atoms with van der Waals surface area (Å²) in [6.45, 7) is 2.98. The van der Waals surface area contributed by atoms with Crippen molar-refractivity contribution in [2.24, 2.45) is 5.41 Å². The van der Waals surface area contributed by atoms with Crippen molar-refractivity contribution in [2.75, 3.05) is 0 Å². The summed E-state index contributed by atoms with van der Waals surface area (Å²) in [5, 5.41) is 17.1. The van der Waals surface area contributed by atoms with Gasteiger partial charge in [0.1, 0.15) is 0 Å². The molecule has 0 aromatic heterocycles. The second-order valence-corrected chi connectivity index (χ2v) is 2.69. The van der Waals surface area contributed by atoms with Crippen molar-refractivity contribution in [3.63, 3.8) is 0 Å². The van der Waals surface area contributed by atoms with Crippen molar-refractivity contribution in [3.05, 3.63) is 0 Å². The Morgan fingerprint density at radius 2 is 1.58 bits per heavy atom. The molecule has 4 nitrogen and oxygen atoms in total. The Morgan fingerprint density at radius 1 is 1.25 bits per heavy atom. The van der Waals surface area contributed by atoms with E-state index < -0.39 is 17.4 Å². The molecule has 2 N–H and O–H groups in total. The summed E-state index contributed by atoms with van der Waals surface area (Å²) < 4.78 is 0. The molecule has 0 aromatic carbocycles. The molecule has 0 saturated heterocycles. The van der Waals surface area contributed by atoms with Crippen LogP contribution in [0.15, 0.2) is 0 Å². The van der Waals surface area contributed by atoms with Gasteiger partial charge in [-0.25, -0.2) is 0 Å². The second-order valence-electron chi connectivity index (χ2n) is 2.69. The fourth-order valence-electron chi connectivity index (χ4n) is 0.805. The minimum atomic E-state index is -1.62. The SMILES string of the molecule is CCCC(C)(C(=O)O)C(=O)O.[KH]. The van der Waals surface area contributed by atoms with Gasteiger partial charge in [-0.2, -0.15) is 0 Å². The van der Waals surface area contributed by atoms with E-state index >= 15 is 0 Å². The zero-order chi connectivity index (χ0) is 9.07. The number of aliphatic carboxylic acids is 2. The number of rotatable bonds is 4. The summed E-state index contributed by atoms with van der Waals surface area (Å²) in [4.78, 5) is 20.9. The van der Waals surface area contributed by atoms with Gasteiger partial charge in [0, 0.05) is 0 Å². The van der Waals surface area contributed by atoms with Gasteiger partial charge < -0.3 is 10.2 Å². The molecule has 0 bridgehead atoms. The van der Waals surface area contributed by atoms with Crippen LogP contribution in [0.3, 0.4) is 0 Å². The average molecular weight is 200 g/mol. The summed E-state index contributed by atoms with van der Waals surface area (Å²) in [5.74, 6) is -2.54. The Morgan fingerprint density at radius 3 is 1.67 bits per heavy atom. The molecule has 0 fully saturated rings. The molecule has 66 valence electrons. The van der Waals surface area contributed by atoms with Gasteiger partial charge in [-0.1, -0.05) is 13.3 Å². The van der Waals surface area contributed by atoms with Crippen molar-refractivity contribution in [3.8, 4) is 0 Å². The van der Waals surface area contributed by atoms with Crippen LogP contribution in [0.25, 0.3) is 0 Å². The zero-order valence-electron chi connectivity index (χ0n) is 6.63. The Kier molecular flexibility index (Phi) is 7.65. The number of carboxylic acid groups (broad SMARTS) is 2. The first-order valence-corrected chi connectivity index (χ1v) is 3.42. The molecule has 0 spiro atoms. The number of hydrogen-bond acceptors (Lipinski definition) is 2. The monoisotopic (exact) mass is 200 g/mol. The maximum atomic E-state index is 10.5. The van der Waals surface area contributed by atoms with Crippen molar-refractivity contribution >= 4 is 63.3 Å². The quantitative estimate of drug-likeness (QED) is 0.506. The van der Waals surface area contributed by atoms with Gasteiger partial charge in [0.2, 0.25) is 0 Å². The molecule has 0 aliphatic heterocycles. The van der Waals surface area contributed by atoms with E-state index in [9.17, 15) is 9.59 Å². The summed E-state index contributed by atoms with van der Waals surface area (Å²) >= 11 is 0. The van der Waals surface area contributed by atoms with E-state index in [-0.39, 0.29) is 57.8 Å². The standard InChI is InChI=1S/C7H12O4.K.H/c1-3-4-7(2,5(8)9)6(10)11;;/h3-4H2,1-2H3,(H,8,9)(H,10,11);;. The van der Waals surface area contributed by atoms with Crippen LogP contribution in [-0.4, -0.2) is 73.5 Å². The third-order valence-corrected chi connectivity index (χ3v) is 1.69. The van der Waals surface area contributed by atoms with Crippen molar-refractivity contribution < 1.29 is 19.8 Å². The first kappa shape index (κ1) is 15.1. The van der Waals surface area contributed by atoms with Crippen LogP contribution < -0.4 is 0 Å². The summed E-state index contributed by atoms with van der Waals surface area (Å²) in [6, 6.07) is 0. The van der Waals surface area contributed by atoms with Gasteiger partial charge in [0.05, 0.1) is 0 Å². The fourth-order valence-corrected chi connectivity index (χ4v) is 0.805. The zero-order valence-corrected chi connectivity index (χ0v) is 6.63. The Hall–Kier alpha value is 0.576. The molecule has 0 aliphatic carbocycles. The minimum absolute atomic E-state index is 0. The molecule has 0 unspecified atom stereocenters. The Labute approximate surface area is 114 Å². The van der Waals surface area contributed by atoms with Crippen molar-refractivity contribution in [2.45, 2.75) is 26.7 Å². The van der Waals surface area contributed by atoms with Gasteiger partial charge in [-0.15, -0.1) is 0 Å². The first-order valence-electron chi connectivity index (χ1n) is 3.42. The second kappa shape index (κ2) is 6.09. The third-order valence-electron chi connectivity index (χ3n) is 1.69. The molecule has 5 heteroatoms. The summed E-state index contributed by atoms with van der Waals surface area (Å²) in [5.41, 5.74) is -1.62. The van der Waals surface area contributed by atoms with E-state index in [0.717, 1.165) is 0 Å². The molecule has 0 saturated carbocycles. The molecule has 0 radical (unpaired) electrons. The Bertz CT molecular complexity index is 164. The van der Waals surface area contributed by atoms with Gasteiger partial charge in [0.25, 0.3) is 0 Å². The van der Waals surface area contributed by atoms with Crippen LogP contribution >= 0.6 is 0 Å². The number of carboxylic acids is 2. The number of carbonyl (C=O) groups is 2. The topological polar surface area (TPSA) is 74.6 Å². The van der Waals surface area contributed by atoms with Crippen molar-refractivity contribution in [1.29, 1.82) is 0 Å². The van der Waals surface area contributed by atoms with Crippen LogP contribution in [0.4, 0.5) is 0 Å². The first-order chi connectivity index (χ1) is 4.95. The predicted octanol–water partition coefficient (Wildman–Crippen LogP) is 0.313. The van der Waals surface area contributed by atoms with E-state index in [1.807, 2.05) is 0 Å². The predicted molar refractivity (Wildman–Crippen MR) is 45.4 cm³/mol. The molecule has 0 amide bonds. The molecule has 0 atom stereocenters. The van der Waals surface area contributed by atoms with E-state index in [1.54, 1.807) is 6.92 Å². The van der Waals surface area contributed by atoms with Gasteiger partial charge >= 0.3 is 63.3 Å². The van der Waals surface area contributed by atoms with Crippen LogP contribution in [-0.2, 0) is 9.59 Å². The molecule has 0 heterocycles. The normalized spacial score (nSPS) is 10.2. The van der Waals surface area contributed by atoms with Gasteiger partial charge in [0.15, 0.2) is 5.41 Å². The molecule has 12 heavy (non-hydrogen) atoms. The maximum absolute atomic E-state index is 10.5. The van der Waals surface area contributed by atoms with Crippen LogP contribution in [0, 0.1) is 5.41 Å². The summed E-state index contributed by atoms with van der Waals surface area (Å²) in [7, 11) is 0. The van der Waals surface area contributed by atoms with Crippen LogP contribution in [0.5, 0.6) is 0 Å². The molecule has 0 aliphatic rings. The molecular weight excluding hydrogens is 187 g/mol. The van der Waals surface area contributed by atoms with Gasteiger partial charge in [-0.05, 0) is 13.3 Å². The van der Waals surface area contributed by atoms with E-state index in [0.29, 0.717) is 6.42 Å². The Balaban J connectivity index is 0. The summed E-state index contributed by atoms with van der Waals surface area (Å²) in [6.07, 6.45) is 0.715. The molecule has 0 aromatic rings. The third kappa shape index (κ3) is 3.53. The van der Waals surface area contributed by atoms with E-state index in [1.165, 1.54) is 6.92 Å². The fraction of sp³-hybridized carbons (Fsp3) is 0.714. The van der Waals surface area contributed by atoms with Gasteiger partial charge in [-0.3, -0.25) is 9.59 Å². The number of hydrogen-bond donors (Lipinski definition) is 2. The average Bonchev–Trinajstić information content (AvgIpc) is 1.87. The molecular formula is C7H13KO4. The van der Waals surface area contributed by atoms with E-state index in [2.05, 4.69) is 0 Å². The van der Waals surface area contributed by atoms with Crippen LogP contribution in [0.1, 0.15) is 26.7 Å². The van der Waals surface area contributed by atoms with Crippen molar-refractivity contribution in [1.82, 2.24) is 0 Å². The molecule has 0 rings (SSSR count).